The van der Waals surface area contributed by atoms with Crippen LogP contribution in [0.15, 0.2) is 0 Å². The van der Waals surface area contributed by atoms with Gasteiger partial charge in [0.15, 0.2) is 5.82 Å². The van der Waals surface area contributed by atoms with Gasteiger partial charge < -0.3 is 10.6 Å². The van der Waals surface area contributed by atoms with Crippen LogP contribution >= 0.6 is 11.5 Å². The van der Waals surface area contributed by atoms with Crippen LogP contribution in [0.5, 0.6) is 0 Å². The molecule has 0 atom stereocenters. The molecule has 0 unspecified atom stereocenters. The summed E-state index contributed by atoms with van der Waals surface area (Å²) >= 11 is 1.16. The molecule has 0 aromatic carbocycles. The highest BCUT2D eigenvalue weighted by Gasteiger charge is 2.13. The number of nitrogens with two attached hydrogens (primary N) is 1. The van der Waals surface area contributed by atoms with Gasteiger partial charge >= 0.3 is 0 Å². The average molecular weight is 182 g/mol. The number of anilines is 2. The number of nitriles is 1. The minimum Gasteiger partial charge on any atom is -0.388 e. The van der Waals surface area contributed by atoms with Crippen LogP contribution in [0.3, 0.4) is 0 Å². The molecular weight excluding hydrogens is 172 g/mol. The highest BCUT2D eigenvalue weighted by Crippen LogP contribution is 2.26. The lowest BCUT2D eigenvalue weighted by Gasteiger charge is -2.12. The fourth-order valence-corrected chi connectivity index (χ4v) is 1.45. The Morgan fingerprint density at radius 3 is 2.92 bits per heavy atom. The first kappa shape index (κ1) is 8.81. The lowest BCUT2D eigenvalue weighted by molar-refractivity contribution is 0.950. The van der Waals surface area contributed by atoms with E-state index in [1.165, 1.54) is 0 Å². The normalized spacial score (nSPS) is 9.42. The van der Waals surface area contributed by atoms with E-state index in [1.807, 2.05) is 24.9 Å². The van der Waals surface area contributed by atoms with Crippen molar-refractivity contribution < 1.29 is 0 Å². The van der Waals surface area contributed by atoms with Crippen molar-refractivity contribution in [3.63, 3.8) is 0 Å². The van der Waals surface area contributed by atoms with Gasteiger partial charge in [0.1, 0.15) is 16.6 Å². The summed E-state index contributed by atoms with van der Waals surface area (Å²) in [4.78, 5) is 1.89. The van der Waals surface area contributed by atoms with Gasteiger partial charge in [-0.2, -0.15) is 9.64 Å². The van der Waals surface area contributed by atoms with E-state index in [9.17, 15) is 0 Å². The number of aromatic nitrogens is 1. The third-order valence-corrected chi connectivity index (χ3v) is 2.31. The Kier molecular flexibility index (Phi) is 2.51. The molecule has 0 saturated carbocycles. The summed E-state index contributed by atoms with van der Waals surface area (Å²) in [5, 5.41) is 9.24. The van der Waals surface area contributed by atoms with Crippen molar-refractivity contribution in [1.82, 2.24) is 4.37 Å². The van der Waals surface area contributed by atoms with Crippen molar-refractivity contribution >= 4 is 22.4 Å². The van der Waals surface area contributed by atoms with Gasteiger partial charge in [0, 0.05) is 13.6 Å². The number of nitrogens with zero attached hydrogens (tertiary/aromatic N) is 3. The zero-order valence-corrected chi connectivity index (χ0v) is 7.85. The van der Waals surface area contributed by atoms with Crippen LogP contribution in [0, 0.1) is 11.3 Å². The molecule has 0 saturated heterocycles. The maximum absolute atomic E-state index is 8.74. The third kappa shape index (κ3) is 1.34. The van der Waals surface area contributed by atoms with Crippen molar-refractivity contribution in [3.05, 3.63) is 5.56 Å². The van der Waals surface area contributed by atoms with E-state index >= 15 is 0 Å². The second-order valence-electron chi connectivity index (χ2n) is 2.37. The van der Waals surface area contributed by atoms with E-state index in [1.54, 1.807) is 0 Å². The van der Waals surface area contributed by atoms with Gasteiger partial charge in [-0.1, -0.05) is 0 Å². The fraction of sp³-hybridized carbons (Fsp3) is 0.429. The average Bonchev–Trinajstić information content (AvgIpc) is 2.45. The molecule has 0 aliphatic carbocycles. The standard InChI is InChI=1S/C7H10N4S/c1-3-11(2)7-5(4-8)6(9)12-10-7/h3,9H2,1-2H3. The van der Waals surface area contributed by atoms with Crippen LogP contribution in [-0.2, 0) is 0 Å². The van der Waals surface area contributed by atoms with Gasteiger partial charge in [-0.15, -0.1) is 0 Å². The molecule has 0 amide bonds. The second-order valence-corrected chi connectivity index (χ2v) is 3.18. The highest BCUT2D eigenvalue weighted by atomic mass is 32.1. The van der Waals surface area contributed by atoms with Gasteiger partial charge in [-0.05, 0) is 18.5 Å². The first-order valence-electron chi connectivity index (χ1n) is 3.57. The Balaban J connectivity index is 3.09. The maximum Gasteiger partial charge on any atom is 0.162 e. The zero-order valence-electron chi connectivity index (χ0n) is 7.03. The van der Waals surface area contributed by atoms with Crippen molar-refractivity contribution in [2.24, 2.45) is 0 Å². The van der Waals surface area contributed by atoms with Gasteiger partial charge in [-0.25, -0.2) is 0 Å². The molecule has 1 heterocycles. The number of hydrogen-bond acceptors (Lipinski definition) is 5. The lowest BCUT2D eigenvalue weighted by atomic mass is 10.3. The summed E-state index contributed by atoms with van der Waals surface area (Å²) in [6, 6.07) is 2.04. The lowest BCUT2D eigenvalue weighted by Crippen LogP contribution is -2.17. The van der Waals surface area contributed by atoms with Crippen LogP contribution in [0.2, 0.25) is 0 Å². The van der Waals surface area contributed by atoms with Crippen molar-refractivity contribution in [2.45, 2.75) is 6.92 Å². The summed E-state index contributed by atoms with van der Waals surface area (Å²) in [7, 11) is 1.88. The molecule has 0 aliphatic rings. The topological polar surface area (TPSA) is 65.9 Å². The molecule has 0 bridgehead atoms. The molecule has 4 nitrogen and oxygen atoms in total. The van der Waals surface area contributed by atoms with Crippen LogP contribution in [0.4, 0.5) is 10.8 Å². The molecule has 64 valence electrons. The number of hydrogen-bond donors (Lipinski definition) is 1. The first-order valence-corrected chi connectivity index (χ1v) is 4.34. The summed E-state index contributed by atoms with van der Waals surface area (Å²) < 4.78 is 4.08. The minimum absolute atomic E-state index is 0.490. The Hall–Kier alpha value is -1.28. The quantitative estimate of drug-likeness (QED) is 0.742. The van der Waals surface area contributed by atoms with E-state index < -0.39 is 0 Å². The summed E-state index contributed by atoms with van der Waals surface area (Å²) in [5.41, 5.74) is 6.04. The van der Waals surface area contributed by atoms with Crippen molar-refractivity contribution in [1.29, 1.82) is 5.26 Å². The molecule has 0 fully saturated rings. The zero-order chi connectivity index (χ0) is 9.14. The third-order valence-electron chi connectivity index (χ3n) is 1.65. The summed E-state index contributed by atoms with van der Waals surface area (Å²) in [5.74, 6) is 0.683. The molecule has 1 aromatic rings. The predicted molar refractivity (Wildman–Crippen MR) is 50.2 cm³/mol. The Morgan fingerprint density at radius 2 is 2.42 bits per heavy atom. The van der Waals surface area contributed by atoms with Gasteiger partial charge in [0.25, 0.3) is 0 Å². The molecular formula is C7H10N4S. The molecule has 2 N–H and O–H groups in total. The van der Waals surface area contributed by atoms with E-state index in [0.717, 1.165) is 18.1 Å². The number of nitrogen functional groups attached to an aromatic ring is 1. The smallest absolute Gasteiger partial charge is 0.162 e. The first-order chi connectivity index (χ1) is 5.70. The second kappa shape index (κ2) is 3.41. The Bertz CT molecular complexity index is 312. The molecule has 1 aromatic heterocycles. The molecule has 0 radical (unpaired) electrons. The van der Waals surface area contributed by atoms with Crippen LogP contribution in [-0.4, -0.2) is 18.0 Å². The van der Waals surface area contributed by atoms with Gasteiger partial charge in [-0.3, -0.25) is 0 Å². The molecule has 0 spiro atoms. The minimum atomic E-state index is 0.490. The number of rotatable bonds is 2. The van der Waals surface area contributed by atoms with Crippen LogP contribution in [0.25, 0.3) is 0 Å². The summed E-state index contributed by atoms with van der Waals surface area (Å²) in [6.45, 7) is 2.81. The fourth-order valence-electron chi connectivity index (χ4n) is 0.809. The van der Waals surface area contributed by atoms with Gasteiger partial charge in [0.05, 0.1) is 0 Å². The molecule has 5 heteroatoms. The Morgan fingerprint density at radius 1 is 1.75 bits per heavy atom. The molecule has 1 rings (SSSR count). The van der Waals surface area contributed by atoms with Crippen molar-refractivity contribution in [3.8, 4) is 6.07 Å². The van der Waals surface area contributed by atoms with E-state index in [0.29, 0.717) is 16.4 Å². The Labute approximate surface area is 75.4 Å². The highest BCUT2D eigenvalue weighted by molar-refractivity contribution is 7.10. The largest absolute Gasteiger partial charge is 0.388 e. The van der Waals surface area contributed by atoms with Gasteiger partial charge in [0.2, 0.25) is 0 Å². The van der Waals surface area contributed by atoms with E-state index in [4.69, 9.17) is 11.0 Å². The van der Waals surface area contributed by atoms with E-state index in [-0.39, 0.29) is 0 Å². The van der Waals surface area contributed by atoms with Crippen LogP contribution in [0.1, 0.15) is 12.5 Å². The van der Waals surface area contributed by atoms with Crippen LogP contribution < -0.4 is 10.6 Å². The maximum atomic E-state index is 8.74. The molecule has 12 heavy (non-hydrogen) atoms. The molecule has 0 aliphatic heterocycles. The predicted octanol–water partition coefficient (Wildman–Crippen LogP) is 1.05. The summed E-state index contributed by atoms with van der Waals surface area (Å²) in [6.07, 6.45) is 0. The SMILES string of the molecule is CCN(C)c1nsc(N)c1C#N. The monoisotopic (exact) mass is 182 g/mol. The van der Waals surface area contributed by atoms with Crippen molar-refractivity contribution in [2.75, 3.05) is 24.2 Å². The van der Waals surface area contributed by atoms with E-state index in [2.05, 4.69) is 4.37 Å².